The van der Waals surface area contributed by atoms with Crippen LogP contribution < -0.4 is 0 Å². The van der Waals surface area contributed by atoms with Crippen LogP contribution in [0.25, 0.3) is 0 Å². The monoisotopic (exact) mass is 169 g/mol. The highest BCUT2D eigenvalue weighted by molar-refractivity contribution is 7.76. The van der Waals surface area contributed by atoms with Crippen LogP contribution >= 0.6 is 0 Å². The molecule has 0 spiro atoms. The van der Waals surface area contributed by atoms with E-state index in [9.17, 15) is 4.21 Å². The molecule has 0 radical (unpaired) electrons. The van der Waals surface area contributed by atoms with Crippen molar-refractivity contribution in [2.24, 2.45) is 0 Å². The first-order valence-corrected chi connectivity index (χ1v) is 3.95. The van der Waals surface area contributed by atoms with E-state index in [0.29, 0.717) is 17.8 Å². The van der Waals surface area contributed by atoms with Gasteiger partial charge >= 0.3 is 0 Å². The lowest BCUT2D eigenvalue weighted by Crippen LogP contribution is -2.26. The van der Waals surface area contributed by atoms with Crippen LogP contribution in [0.5, 0.6) is 0 Å². The molecule has 62 valence electrons. The Morgan fingerprint density at radius 3 is 2.00 bits per heavy atom. The van der Waals surface area contributed by atoms with Gasteiger partial charge in [-0.15, -0.1) is 0 Å². The van der Waals surface area contributed by atoms with Crippen molar-refractivity contribution in [2.45, 2.75) is 13.8 Å². The second-order valence-electron chi connectivity index (χ2n) is 1.29. The quantitative estimate of drug-likeness (QED) is 0.476. The van der Waals surface area contributed by atoms with Crippen molar-refractivity contribution in [3.63, 3.8) is 0 Å². The third kappa shape index (κ3) is 3.91. The van der Waals surface area contributed by atoms with E-state index in [1.54, 1.807) is 13.8 Å². The van der Waals surface area contributed by atoms with Crippen molar-refractivity contribution in [1.82, 2.24) is 4.63 Å². The van der Waals surface area contributed by atoms with Crippen molar-refractivity contribution in [3.8, 4) is 0 Å². The first kappa shape index (κ1) is 9.99. The van der Waals surface area contributed by atoms with E-state index < -0.39 is 11.3 Å². The van der Waals surface area contributed by atoms with Gasteiger partial charge in [-0.3, -0.25) is 14.2 Å². The summed E-state index contributed by atoms with van der Waals surface area (Å²) >= 11 is -2.21. The van der Waals surface area contributed by atoms with Crippen LogP contribution in [0.3, 0.4) is 0 Å². The number of hydrogen-bond donors (Lipinski definition) is 1. The zero-order chi connectivity index (χ0) is 7.98. The summed E-state index contributed by atoms with van der Waals surface area (Å²) in [5, 5.41) is 0. The second-order valence-corrected chi connectivity index (χ2v) is 2.05. The smallest absolute Gasteiger partial charge is 0.285 e. The average molecular weight is 169 g/mol. The Bertz CT molecular complexity index is 103. The summed E-state index contributed by atoms with van der Waals surface area (Å²) < 4.78 is 19.2. The highest BCUT2D eigenvalue weighted by Crippen LogP contribution is 1.94. The van der Waals surface area contributed by atoms with Crippen molar-refractivity contribution >= 4 is 11.3 Å². The van der Waals surface area contributed by atoms with E-state index in [4.69, 9.17) is 4.55 Å². The predicted octanol–water partition coefficient (Wildman–Crippen LogP) is 0.328. The molecule has 0 amide bonds. The molecule has 5 nitrogen and oxygen atoms in total. The molecule has 0 heterocycles. The molecular formula is C4H11NO4S. The van der Waals surface area contributed by atoms with Crippen molar-refractivity contribution in [1.29, 1.82) is 0 Å². The molecule has 0 aromatic heterocycles. The van der Waals surface area contributed by atoms with Gasteiger partial charge in [-0.25, -0.2) is 4.21 Å². The van der Waals surface area contributed by atoms with Crippen LogP contribution in [0.2, 0.25) is 0 Å². The molecule has 0 rings (SSSR count). The zero-order valence-corrected chi connectivity index (χ0v) is 6.76. The Balaban J connectivity index is 3.61. The topological polar surface area (TPSA) is 59.0 Å². The van der Waals surface area contributed by atoms with Crippen molar-refractivity contribution in [2.75, 3.05) is 13.2 Å². The molecule has 6 heteroatoms. The second kappa shape index (κ2) is 5.75. The molecule has 0 aromatic rings. The lowest BCUT2D eigenvalue weighted by Gasteiger charge is -2.13. The molecule has 1 atom stereocenters. The van der Waals surface area contributed by atoms with E-state index in [1.165, 1.54) is 0 Å². The SMILES string of the molecule is CCON(OCC)S(=O)O. The molecular weight excluding hydrogens is 158 g/mol. The van der Waals surface area contributed by atoms with Crippen LogP contribution in [0.1, 0.15) is 13.8 Å². The van der Waals surface area contributed by atoms with Gasteiger partial charge in [0.05, 0.1) is 17.8 Å². The maximum atomic E-state index is 10.3. The molecule has 10 heavy (non-hydrogen) atoms. The summed E-state index contributed by atoms with van der Waals surface area (Å²) in [6.07, 6.45) is 0. The summed E-state index contributed by atoms with van der Waals surface area (Å²) in [5.74, 6) is 0. The molecule has 0 aliphatic carbocycles. The number of hydrogen-bond acceptors (Lipinski definition) is 3. The standard InChI is InChI=1S/C4H11NO4S/c1-3-8-5(9-4-2)10(6)7/h3-4H2,1-2H3,(H,6,7). The van der Waals surface area contributed by atoms with Crippen LogP contribution in [0, 0.1) is 0 Å². The summed E-state index contributed by atoms with van der Waals surface area (Å²) in [6.45, 7) is 3.98. The lowest BCUT2D eigenvalue weighted by molar-refractivity contribution is -0.297. The normalized spacial score (nSPS) is 14.0. The van der Waals surface area contributed by atoms with E-state index in [1.807, 2.05) is 0 Å². The maximum absolute atomic E-state index is 10.3. The first-order valence-electron chi connectivity index (χ1n) is 2.89. The van der Waals surface area contributed by atoms with Gasteiger partial charge in [-0.2, -0.15) is 0 Å². The third-order valence-electron chi connectivity index (χ3n) is 0.597. The molecule has 0 fully saturated rings. The Labute approximate surface area is 62.2 Å². The molecule has 0 saturated heterocycles. The summed E-state index contributed by atoms with van der Waals surface area (Å²) in [4.78, 5) is 9.21. The third-order valence-corrected chi connectivity index (χ3v) is 1.06. The number of rotatable bonds is 5. The minimum absolute atomic E-state index is 0.298. The van der Waals surface area contributed by atoms with Gasteiger partial charge in [0.25, 0.3) is 11.3 Å². The fourth-order valence-corrected chi connectivity index (χ4v) is 0.729. The fourth-order valence-electron chi connectivity index (χ4n) is 0.338. The largest absolute Gasteiger partial charge is 0.290 e. The minimum atomic E-state index is -2.21. The van der Waals surface area contributed by atoms with E-state index in [2.05, 4.69) is 9.68 Å². The van der Waals surface area contributed by atoms with E-state index in [0.717, 1.165) is 0 Å². The predicted molar refractivity (Wildman–Crippen MR) is 35.9 cm³/mol. The summed E-state index contributed by atoms with van der Waals surface area (Å²) in [6, 6.07) is 0. The van der Waals surface area contributed by atoms with Gasteiger partial charge in [-0.05, 0) is 13.8 Å². The van der Waals surface area contributed by atoms with E-state index >= 15 is 0 Å². The summed E-state index contributed by atoms with van der Waals surface area (Å²) in [5.41, 5.74) is 0. The van der Waals surface area contributed by atoms with Crippen LogP contribution in [0.15, 0.2) is 0 Å². The van der Waals surface area contributed by atoms with Crippen LogP contribution in [-0.2, 0) is 20.9 Å². The fraction of sp³-hybridized carbons (Fsp3) is 1.00. The Morgan fingerprint density at radius 1 is 1.40 bits per heavy atom. The van der Waals surface area contributed by atoms with Crippen LogP contribution in [0.4, 0.5) is 0 Å². The van der Waals surface area contributed by atoms with Gasteiger partial charge < -0.3 is 0 Å². The number of nitrogens with zero attached hydrogens (tertiary/aromatic N) is 1. The highest BCUT2D eigenvalue weighted by Gasteiger charge is 2.09. The van der Waals surface area contributed by atoms with Gasteiger partial charge in [0, 0.05) is 0 Å². The Morgan fingerprint density at radius 2 is 1.80 bits per heavy atom. The molecule has 0 aliphatic rings. The van der Waals surface area contributed by atoms with Gasteiger partial charge in [0.15, 0.2) is 0 Å². The van der Waals surface area contributed by atoms with Crippen LogP contribution in [-0.4, -0.2) is 26.6 Å². The average Bonchev–Trinajstić information content (AvgIpc) is 1.87. The van der Waals surface area contributed by atoms with Gasteiger partial charge in [0.2, 0.25) is 0 Å². The van der Waals surface area contributed by atoms with E-state index in [-0.39, 0.29) is 0 Å². The molecule has 1 unspecified atom stereocenters. The maximum Gasteiger partial charge on any atom is 0.285 e. The summed E-state index contributed by atoms with van der Waals surface area (Å²) in [7, 11) is 0. The highest BCUT2D eigenvalue weighted by atomic mass is 32.2. The molecule has 0 aromatic carbocycles. The zero-order valence-electron chi connectivity index (χ0n) is 5.94. The molecule has 1 N–H and O–H groups in total. The molecule has 0 aliphatic heterocycles. The lowest BCUT2D eigenvalue weighted by atomic mass is 10.9. The minimum Gasteiger partial charge on any atom is -0.290 e. The van der Waals surface area contributed by atoms with Gasteiger partial charge in [-0.1, -0.05) is 0 Å². The molecule has 0 bridgehead atoms. The Kier molecular flexibility index (Phi) is 5.74. The van der Waals surface area contributed by atoms with Crippen molar-refractivity contribution in [3.05, 3.63) is 0 Å². The first-order chi connectivity index (χ1) is 4.72. The molecule has 0 saturated carbocycles. The van der Waals surface area contributed by atoms with Gasteiger partial charge in [0.1, 0.15) is 0 Å². The van der Waals surface area contributed by atoms with Crippen molar-refractivity contribution < 1.29 is 18.4 Å². The Hall–Kier alpha value is -0.0100.